The molecule has 0 spiro atoms. The van der Waals surface area contributed by atoms with Crippen LogP contribution in [0.3, 0.4) is 0 Å². The largest absolute Gasteiger partial charge is 0.512 e. The van der Waals surface area contributed by atoms with Crippen molar-refractivity contribution in [2.75, 3.05) is 0 Å². The van der Waals surface area contributed by atoms with E-state index in [1.807, 2.05) is 308 Å². The number of pyridine rings is 7. The van der Waals surface area contributed by atoms with E-state index in [0.29, 0.717) is 34.3 Å². The maximum atomic E-state index is 13.2. The number of aliphatic hydroxyl groups excluding tert-OH is 2. The third-order valence-electron chi connectivity index (χ3n) is 19.4. The number of para-hydroxylation sites is 4. The van der Waals surface area contributed by atoms with Gasteiger partial charge in [-0.2, -0.15) is 0 Å². The van der Waals surface area contributed by atoms with Crippen LogP contribution in [0, 0.1) is 42.0 Å². The summed E-state index contributed by atoms with van der Waals surface area (Å²) >= 11 is 0. The first kappa shape index (κ1) is 116. The molecule has 0 aliphatic rings. The zero-order chi connectivity index (χ0) is 97.7. The molecular weight excluding hydrogens is 2270 g/mol. The monoisotopic (exact) mass is 2360 g/mol. The maximum Gasteiger partial charge on any atom is 0.354 e. The van der Waals surface area contributed by atoms with Crippen molar-refractivity contribution in [3.8, 4) is 119 Å². The minimum absolute atomic E-state index is 0. The minimum atomic E-state index is -0.990. The fraction of sp³-hybridized carbons (Fsp3) is 0.0339. The van der Waals surface area contributed by atoms with Crippen molar-refractivity contribution in [3.05, 3.63) is 509 Å². The van der Waals surface area contributed by atoms with Gasteiger partial charge in [0.1, 0.15) is 28.4 Å². The molecule has 5 N–H and O–H groups in total. The van der Waals surface area contributed by atoms with Gasteiger partial charge in [-0.15, -0.1) is 156 Å². The predicted molar refractivity (Wildman–Crippen MR) is 543 cm³/mol. The molecule has 0 unspecified atom stereocenters. The Morgan fingerprint density at radius 1 is 0.354 bits per heavy atom. The third kappa shape index (κ3) is 36.0. The standard InChI is InChI=1S/C21H15NO2.C18H13N3O.2C15H10N.C11H6F2N.2C11H8N.C6H5NO2.2C5H8O2.5Pd/c23-18-14-8-7-13-17(18)21-22-19(15-9-3-1-4-10-15)20(24-21)16-11-5-2-6-12-16;22-16-11-5-4-9-14(16)17-20-15-10-6-12-19-18(15)21(17)13-7-2-1-3-8-13;1-2-7-13(8-3-1)15-14-9-5-4-6-12(14)10-11-16-15;1-2-6-12(7-3-1)15-11-10-13-8-4-5-9-14(13)16-15;12-8-4-5-9(10(13)7-8)11-3-1-2-6-14-11;2*1-2-6-10(7-3-1)11-8-4-5-9-12-11;8-6(9)5-3-1-2-4-7-5;2*1-4(6)3-5(2)7;;;;;/h1-14,23H;1-12,22H;1-7,9-11H;1-6,8-11H;1-4,6-7H;2*1-6,8-9H;1-4H,(H,8,9);2*3,6H,1-2H3;;;;;/q;;5*-1;;;;;;;;. The van der Waals surface area contributed by atoms with Crippen molar-refractivity contribution in [1.29, 1.82) is 0 Å². The Kier molecular flexibility index (Phi) is 49.7. The van der Waals surface area contributed by atoms with Gasteiger partial charge in [-0.05, 0) is 163 Å². The second kappa shape index (κ2) is 62.0. The van der Waals surface area contributed by atoms with Crippen LogP contribution in [0.15, 0.2) is 466 Å². The summed E-state index contributed by atoms with van der Waals surface area (Å²) in [6.45, 7) is 5.70. The molecule has 0 radical (unpaired) electrons. The molecule has 12 aromatic carbocycles. The summed E-state index contributed by atoms with van der Waals surface area (Å²) in [6, 6.07) is 140. The number of hydrogen-bond acceptors (Lipinski definition) is 17. The summed E-state index contributed by atoms with van der Waals surface area (Å²) < 4.78 is 33.8. The molecule has 0 amide bonds. The van der Waals surface area contributed by atoms with Gasteiger partial charge in [0.15, 0.2) is 28.8 Å². The Balaban J connectivity index is 0.000000221. The number of aromatic hydroxyl groups is 2. The molecule has 21 aromatic rings. The number of allylic oxidation sites excluding steroid dienone is 4. The Morgan fingerprint density at radius 2 is 0.799 bits per heavy atom. The number of phenols is 2. The topological polar surface area (TPSA) is 286 Å². The Bertz CT molecular complexity index is 7260. The van der Waals surface area contributed by atoms with Crippen LogP contribution in [0.25, 0.3) is 140 Å². The zero-order valence-electron chi connectivity index (χ0n) is 77.4. The van der Waals surface area contributed by atoms with Crippen LogP contribution in [0.1, 0.15) is 38.2 Å². The molecule has 736 valence electrons. The zero-order valence-corrected chi connectivity index (χ0v) is 85.2. The average Bonchev–Trinajstić information content (AvgIpc) is 1.62. The summed E-state index contributed by atoms with van der Waals surface area (Å²) in [4.78, 5) is 69.0. The molecule has 9 heterocycles. The Labute approximate surface area is 902 Å². The maximum absolute atomic E-state index is 13.2. The number of imidazole rings is 1. The van der Waals surface area contributed by atoms with Gasteiger partial charge < -0.3 is 49.9 Å². The van der Waals surface area contributed by atoms with Gasteiger partial charge in [-0.3, -0.25) is 27.9 Å². The van der Waals surface area contributed by atoms with E-state index < -0.39 is 17.6 Å². The van der Waals surface area contributed by atoms with Crippen LogP contribution in [0.2, 0.25) is 0 Å². The molecule has 26 heteroatoms. The van der Waals surface area contributed by atoms with E-state index >= 15 is 0 Å². The first-order valence-electron chi connectivity index (χ1n) is 43.5. The Morgan fingerprint density at radius 3 is 1.28 bits per heavy atom. The number of ketones is 2. The molecule has 21 rings (SSSR count). The normalized spacial score (nSPS) is 10.0. The van der Waals surface area contributed by atoms with Crippen LogP contribution >= 0.6 is 0 Å². The summed E-state index contributed by atoms with van der Waals surface area (Å²) in [5.74, 6) is -0.265. The van der Waals surface area contributed by atoms with Crippen LogP contribution in [0.4, 0.5) is 8.78 Å². The number of fused-ring (bicyclic) bond motifs is 3. The van der Waals surface area contributed by atoms with E-state index in [0.717, 1.165) is 96.4 Å². The number of aromatic nitrogens is 10. The molecule has 0 aliphatic carbocycles. The molecular formula is C118H91F2N10O9Pd5-5. The first-order chi connectivity index (χ1) is 67.8. The second-order valence-electron chi connectivity index (χ2n) is 29.8. The van der Waals surface area contributed by atoms with Gasteiger partial charge in [0.2, 0.25) is 5.89 Å². The number of carboxylic acid groups (broad SMARTS) is 1. The van der Waals surface area contributed by atoms with Crippen molar-refractivity contribution < 1.29 is 155 Å². The number of rotatable bonds is 13. The summed E-state index contributed by atoms with van der Waals surface area (Å²) in [7, 11) is 0. The molecule has 19 nitrogen and oxygen atoms in total. The molecule has 0 saturated carbocycles. The van der Waals surface area contributed by atoms with Crippen LogP contribution in [-0.2, 0) is 112 Å². The van der Waals surface area contributed by atoms with E-state index in [1.165, 1.54) is 68.3 Å². The fourth-order valence-electron chi connectivity index (χ4n) is 13.3. The van der Waals surface area contributed by atoms with Crippen LogP contribution in [0.5, 0.6) is 11.5 Å². The molecule has 0 fully saturated rings. The Hall–Kier alpha value is -15.4. The summed E-state index contributed by atoms with van der Waals surface area (Å²) in [5, 5.41) is 48.9. The van der Waals surface area contributed by atoms with Crippen molar-refractivity contribution in [1.82, 2.24) is 49.4 Å². The van der Waals surface area contributed by atoms with Gasteiger partial charge in [0.05, 0.1) is 28.2 Å². The van der Waals surface area contributed by atoms with Crippen LogP contribution in [-0.4, -0.2) is 92.5 Å². The van der Waals surface area contributed by atoms with E-state index in [1.54, 1.807) is 85.5 Å². The van der Waals surface area contributed by atoms with Crippen molar-refractivity contribution >= 4 is 50.4 Å². The molecule has 9 aromatic heterocycles. The van der Waals surface area contributed by atoms with E-state index in [4.69, 9.17) is 19.7 Å². The predicted octanol–water partition coefficient (Wildman–Crippen LogP) is 27.3. The van der Waals surface area contributed by atoms with E-state index in [9.17, 15) is 33.4 Å². The number of phenolic OH excluding ortho intramolecular Hbond substituents is 2. The number of carbonyl (C=O) groups is 3. The van der Waals surface area contributed by atoms with Crippen molar-refractivity contribution in [2.24, 2.45) is 0 Å². The number of carboxylic acids is 1. The molecule has 0 aliphatic heterocycles. The number of oxazole rings is 1. The number of carbonyl (C=O) groups excluding carboxylic acids is 2. The number of nitrogens with zero attached hydrogens (tertiary/aromatic N) is 10. The van der Waals surface area contributed by atoms with Crippen molar-refractivity contribution in [3.63, 3.8) is 0 Å². The average molecular weight is 2360 g/mol. The SMILES string of the molecule is CC(=O)C=C(C)O.CC(=O)C=C(C)O.Fc1c[c-]c(-c2ccccn2)c(F)c1.O=C(O)c1ccccn1.Oc1ccccc1-c1nc(-c2ccccc2)c(-c2ccccc2)o1.Oc1ccccc1-c1nc2cccnc2n1-c1ccccc1.[Pd].[Pd].[Pd].[Pd].[Pd].[c-]1ccccc1-c1ccc2ccccc2n1.[c-]1ccccc1-c1ccccn1.[c-]1ccccc1-c1ccccn1.[c-]1ccccc1-c1nccc2ccccc12. The van der Waals surface area contributed by atoms with Gasteiger partial charge >= 0.3 is 5.97 Å². The number of halogens is 2. The van der Waals surface area contributed by atoms with Gasteiger partial charge in [-0.25, -0.2) is 24.7 Å². The quantitative estimate of drug-likeness (QED) is 0.0310. The summed E-state index contributed by atoms with van der Waals surface area (Å²) in [5.41, 5.74) is 16.3. The van der Waals surface area contributed by atoms with E-state index in [2.05, 4.69) is 99.5 Å². The summed E-state index contributed by atoms with van der Waals surface area (Å²) in [6.07, 6.45) is 12.5. The molecule has 0 saturated heterocycles. The fourth-order valence-corrected chi connectivity index (χ4v) is 13.3. The smallest absolute Gasteiger partial charge is 0.354 e. The first-order valence-corrected chi connectivity index (χ1v) is 43.5. The van der Waals surface area contributed by atoms with E-state index in [-0.39, 0.29) is 148 Å². The molecule has 144 heavy (non-hydrogen) atoms. The number of hydrogen-bond donors (Lipinski definition) is 5. The minimum Gasteiger partial charge on any atom is -0.512 e. The van der Waals surface area contributed by atoms with Crippen molar-refractivity contribution in [2.45, 2.75) is 27.7 Å². The number of benzene rings is 12. The molecule has 0 atom stereocenters. The second-order valence-corrected chi connectivity index (χ2v) is 29.8. The third-order valence-corrected chi connectivity index (χ3v) is 19.4. The van der Waals surface area contributed by atoms with Gasteiger partial charge in [0, 0.05) is 180 Å². The van der Waals surface area contributed by atoms with Gasteiger partial charge in [-0.1, -0.05) is 212 Å². The van der Waals surface area contributed by atoms with Gasteiger partial charge in [0.25, 0.3) is 0 Å². The number of aliphatic hydroxyl groups is 2. The number of aromatic carboxylic acids is 1. The van der Waals surface area contributed by atoms with Crippen LogP contribution < -0.4 is 0 Å². The molecule has 0 bridgehead atoms.